The van der Waals surface area contributed by atoms with E-state index in [2.05, 4.69) is 0 Å². The number of furan rings is 1. The van der Waals surface area contributed by atoms with Crippen molar-refractivity contribution in [2.75, 3.05) is 11.4 Å². The maximum Gasteiger partial charge on any atom is 0.227 e. The van der Waals surface area contributed by atoms with Crippen LogP contribution in [0.15, 0.2) is 34.7 Å². The Bertz CT molecular complexity index is 672. The summed E-state index contributed by atoms with van der Waals surface area (Å²) in [5.74, 6) is 1.12. The Morgan fingerprint density at radius 3 is 2.75 bits per heavy atom. The molecule has 2 heterocycles. The van der Waals surface area contributed by atoms with E-state index < -0.39 is 0 Å². The van der Waals surface area contributed by atoms with Gasteiger partial charge in [-0.25, -0.2) is 0 Å². The van der Waals surface area contributed by atoms with Crippen LogP contribution >= 0.6 is 0 Å². The van der Waals surface area contributed by atoms with Gasteiger partial charge in [-0.3, -0.25) is 9.59 Å². The Kier molecular flexibility index (Phi) is 3.14. The van der Waals surface area contributed by atoms with E-state index in [1.165, 1.54) is 0 Å². The van der Waals surface area contributed by atoms with Crippen molar-refractivity contribution in [3.05, 3.63) is 41.7 Å². The molecule has 1 aliphatic heterocycles. The van der Waals surface area contributed by atoms with E-state index in [1.807, 2.05) is 25.1 Å². The summed E-state index contributed by atoms with van der Waals surface area (Å²) in [6, 6.07) is 9.30. The predicted molar refractivity (Wildman–Crippen MR) is 75.9 cm³/mol. The van der Waals surface area contributed by atoms with Crippen LogP contribution in [0.5, 0.6) is 0 Å². The van der Waals surface area contributed by atoms with Gasteiger partial charge in [0.05, 0.1) is 0 Å². The van der Waals surface area contributed by atoms with Crippen molar-refractivity contribution in [2.24, 2.45) is 0 Å². The maximum absolute atomic E-state index is 11.8. The molecule has 4 heteroatoms. The molecule has 0 radical (unpaired) electrons. The van der Waals surface area contributed by atoms with Gasteiger partial charge in [0, 0.05) is 24.2 Å². The lowest BCUT2D eigenvalue weighted by molar-refractivity contribution is -0.117. The Labute approximate surface area is 117 Å². The van der Waals surface area contributed by atoms with Crippen LogP contribution in [0.25, 0.3) is 11.3 Å². The van der Waals surface area contributed by atoms with Gasteiger partial charge in [-0.1, -0.05) is 6.07 Å². The van der Waals surface area contributed by atoms with Crippen molar-refractivity contribution in [1.29, 1.82) is 0 Å². The molecule has 0 atom stereocenters. The number of aldehydes is 1. The molecule has 4 nitrogen and oxygen atoms in total. The van der Waals surface area contributed by atoms with E-state index in [0.717, 1.165) is 29.8 Å². The lowest BCUT2D eigenvalue weighted by Gasteiger charge is -2.17. The van der Waals surface area contributed by atoms with Gasteiger partial charge in [-0.15, -0.1) is 0 Å². The zero-order chi connectivity index (χ0) is 14.1. The summed E-state index contributed by atoms with van der Waals surface area (Å²) >= 11 is 0. The number of rotatable bonds is 3. The van der Waals surface area contributed by atoms with E-state index >= 15 is 0 Å². The van der Waals surface area contributed by atoms with Crippen LogP contribution in [0.1, 0.15) is 29.0 Å². The van der Waals surface area contributed by atoms with Gasteiger partial charge in [-0.05, 0) is 43.2 Å². The van der Waals surface area contributed by atoms with Gasteiger partial charge in [0.2, 0.25) is 5.91 Å². The summed E-state index contributed by atoms with van der Waals surface area (Å²) in [5.41, 5.74) is 2.85. The number of benzene rings is 1. The highest BCUT2D eigenvalue weighted by molar-refractivity contribution is 5.96. The molecule has 0 N–H and O–H groups in total. The van der Waals surface area contributed by atoms with Gasteiger partial charge >= 0.3 is 0 Å². The Morgan fingerprint density at radius 2 is 2.10 bits per heavy atom. The van der Waals surface area contributed by atoms with Crippen LogP contribution in [0.2, 0.25) is 0 Å². The van der Waals surface area contributed by atoms with E-state index in [9.17, 15) is 9.59 Å². The fourth-order valence-corrected chi connectivity index (χ4v) is 2.53. The molecule has 1 aromatic carbocycles. The van der Waals surface area contributed by atoms with Gasteiger partial charge in [0.25, 0.3) is 0 Å². The lowest BCUT2D eigenvalue weighted by Crippen LogP contribution is -2.23. The SMILES string of the molecule is Cc1ccc(N2CCCC2=O)cc1-c1ccc(C=O)o1. The normalized spacial score (nSPS) is 14.8. The van der Waals surface area contributed by atoms with E-state index in [4.69, 9.17) is 4.42 Å². The number of hydrogen-bond donors (Lipinski definition) is 0. The second kappa shape index (κ2) is 4.96. The van der Waals surface area contributed by atoms with Gasteiger partial charge in [0.1, 0.15) is 5.76 Å². The molecular formula is C16H15NO3. The quantitative estimate of drug-likeness (QED) is 0.804. The molecule has 0 aliphatic carbocycles. The predicted octanol–water partition coefficient (Wildman–Crippen LogP) is 3.19. The van der Waals surface area contributed by atoms with Crippen molar-refractivity contribution < 1.29 is 14.0 Å². The fraction of sp³-hybridized carbons (Fsp3) is 0.250. The molecule has 3 rings (SSSR count). The zero-order valence-corrected chi connectivity index (χ0v) is 11.3. The first-order valence-electron chi connectivity index (χ1n) is 6.65. The topological polar surface area (TPSA) is 50.5 Å². The van der Waals surface area contributed by atoms with Crippen LogP contribution in [-0.2, 0) is 4.79 Å². The van der Waals surface area contributed by atoms with Crippen LogP contribution in [0.4, 0.5) is 5.69 Å². The summed E-state index contributed by atoms with van der Waals surface area (Å²) in [6.45, 7) is 2.74. The van der Waals surface area contributed by atoms with Crippen LogP contribution < -0.4 is 4.90 Å². The third kappa shape index (κ3) is 2.13. The molecule has 102 valence electrons. The largest absolute Gasteiger partial charge is 0.453 e. The third-order valence-electron chi connectivity index (χ3n) is 3.61. The molecule has 0 spiro atoms. The summed E-state index contributed by atoms with van der Waals surface area (Å²) < 4.78 is 5.47. The summed E-state index contributed by atoms with van der Waals surface area (Å²) in [7, 11) is 0. The van der Waals surface area contributed by atoms with Crippen molar-refractivity contribution in [3.8, 4) is 11.3 Å². The molecule has 2 aromatic rings. The highest BCUT2D eigenvalue weighted by atomic mass is 16.3. The minimum absolute atomic E-state index is 0.160. The minimum Gasteiger partial charge on any atom is -0.453 e. The number of anilines is 1. The van der Waals surface area contributed by atoms with E-state index in [0.29, 0.717) is 24.2 Å². The minimum atomic E-state index is 0.160. The lowest BCUT2D eigenvalue weighted by atomic mass is 10.1. The van der Waals surface area contributed by atoms with Crippen LogP contribution in [0.3, 0.4) is 0 Å². The zero-order valence-electron chi connectivity index (χ0n) is 11.3. The van der Waals surface area contributed by atoms with E-state index in [-0.39, 0.29) is 5.91 Å². The molecule has 20 heavy (non-hydrogen) atoms. The van der Waals surface area contributed by atoms with Crippen molar-refractivity contribution in [1.82, 2.24) is 0 Å². The standard InChI is InChI=1S/C16H15NO3/c1-11-4-5-12(17-8-2-3-16(17)19)9-14(11)15-7-6-13(10-18)20-15/h4-7,9-10H,2-3,8H2,1H3. The highest BCUT2D eigenvalue weighted by Gasteiger charge is 2.22. The Hall–Kier alpha value is -2.36. The molecule has 0 bridgehead atoms. The molecule has 1 fully saturated rings. The first-order chi connectivity index (χ1) is 9.69. The molecule has 1 saturated heterocycles. The molecular weight excluding hydrogens is 254 g/mol. The van der Waals surface area contributed by atoms with Gasteiger partial charge in [0.15, 0.2) is 12.0 Å². The highest BCUT2D eigenvalue weighted by Crippen LogP contribution is 2.31. The second-order valence-corrected chi connectivity index (χ2v) is 4.97. The molecule has 1 aromatic heterocycles. The third-order valence-corrected chi connectivity index (χ3v) is 3.61. The number of hydrogen-bond acceptors (Lipinski definition) is 3. The molecule has 0 saturated carbocycles. The average Bonchev–Trinajstić information content (AvgIpc) is 3.08. The van der Waals surface area contributed by atoms with Crippen molar-refractivity contribution in [3.63, 3.8) is 0 Å². The first kappa shape index (κ1) is 12.7. The second-order valence-electron chi connectivity index (χ2n) is 4.97. The Balaban J connectivity index is 2.02. The van der Waals surface area contributed by atoms with Crippen molar-refractivity contribution in [2.45, 2.75) is 19.8 Å². The Morgan fingerprint density at radius 1 is 1.25 bits per heavy atom. The molecule has 1 aliphatic rings. The number of carbonyl (C=O) groups excluding carboxylic acids is 2. The average molecular weight is 269 g/mol. The molecule has 1 amide bonds. The molecule has 0 unspecified atom stereocenters. The van der Waals surface area contributed by atoms with Crippen molar-refractivity contribution >= 4 is 17.9 Å². The number of amides is 1. The monoisotopic (exact) mass is 269 g/mol. The summed E-state index contributed by atoms with van der Waals surface area (Å²) in [4.78, 5) is 24.3. The van der Waals surface area contributed by atoms with Crippen LogP contribution in [-0.4, -0.2) is 18.7 Å². The maximum atomic E-state index is 11.8. The fourth-order valence-electron chi connectivity index (χ4n) is 2.53. The number of aryl methyl sites for hydroxylation is 1. The van der Waals surface area contributed by atoms with Gasteiger partial charge < -0.3 is 9.32 Å². The van der Waals surface area contributed by atoms with E-state index in [1.54, 1.807) is 17.0 Å². The van der Waals surface area contributed by atoms with Crippen LogP contribution in [0, 0.1) is 6.92 Å². The summed E-state index contributed by atoms with van der Waals surface area (Å²) in [5, 5.41) is 0. The number of carbonyl (C=O) groups is 2. The smallest absolute Gasteiger partial charge is 0.227 e. The van der Waals surface area contributed by atoms with Gasteiger partial charge in [-0.2, -0.15) is 0 Å². The summed E-state index contributed by atoms with van der Waals surface area (Å²) in [6.07, 6.45) is 2.20. The first-order valence-corrected chi connectivity index (χ1v) is 6.65. The number of nitrogens with zero attached hydrogens (tertiary/aromatic N) is 1.